The standard InChI is InChI=1S/C4H10N2O2S.ClH/c1-2-9(7,8)6-4-3-5;/h2,6H,1,3-5H2;1H. The second-order valence-corrected chi connectivity index (χ2v) is 3.11. The summed E-state index contributed by atoms with van der Waals surface area (Å²) in [4.78, 5) is 0. The van der Waals surface area contributed by atoms with Gasteiger partial charge in [-0.25, -0.2) is 13.1 Å². The van der Waals surface area contributed by atoms with Crippen LogP contribution in [0.25, 0.3) is 0 Å². The van der Waals surface area contributed by atoms with Gasteiger partial charge >= 0.3 is 0 Å². The van der Waals surface area contributed by atoms with E-state index in [1.807, 2.05) is 0 Å². The molecule has 0 amide bonds. The first kappa shape index (κ1) is 12.6. The van der Waals surface area contributed by atoms with Gasteiger partial charge in [0.15, 0.2) is 0 Å². The van der Waals surface area contributed by atoms with Crippen LogP contribution >= 0.6 is 12.4 Å². The van der Waals surface area contributed by atoms with Gasteiger partial charge in [-0.05, 0) is 0 Å². The Morgan fingerprint density at radius 1 is 1.60 bits per heavy atom. The Kier molecular flexibility index (Phi) is 7.12. The van der Waals surface area contributed by atoms with Crippen molar-refractivity contribution >= 4 is 22.4 Å². The second-order valence-electron chi connectivity index (χ2n) is 1.39. The molecule has 6 heteroatoms. The minimum atomic E-state index is -3.25. The zero-order valence-electron chi connectivity index (χ0n) is 5.41. The summed E-state index contributed by atoms with van der Waals surface area (Å²) in [5.74, 6) is 0. The maximum atomic E-state index is 10.5. The molecule has 0 saturated carbocycles. The maximum Gasteiger partial charge on any atom is 0.233 e. The fourth-order valence-corrected chi connectivity index (χ4v) is 0.780. The molecule has 0 aliphatic carbocycles. The molecule has 0 atom stereocenters. The van der Waals surface area contributed by atoms with Crippen LogP contribution in [0.5, 0.6) is 0 Å². The molecule has 0 aromatic rings. The number of rotatable bonds is 4. The van der Waals surface area contributed by atoms with Crippen molar-refractivity contribution in [1.82, 2.24) is 4.72 Å². The molecule has 0 bridgehead atoms. The number of sulfonamides is 1. The lowest BCUT2D eigenvalue weighted by molar-refractivity contribution is 0.591. The summed E-state index contributed by atoms with van der Waals surface area (Å²) in [6.45, 7) is 3.65. The van der Waals surface area contributed by atoms with Gasteiger partial charge in [-0.1, -0.05) is 6.58 Å². The van der Waals surface area contributed by atoms with Crippen LogP contribution in [0.4, 0.5) is 0 Å². The van der Waals surface area contributed by atoms with Crippen LogP contribution in [0.3, 0.4) is 0 Å². The Balaban J connectivity index is 0. The van der Waals surface area contributed by atoms with E-state index in [0.717, 1.165) is 5.41 Å². The summed E-state index contributed by atoms with van der Waals surface area (Å²) < 4.78 is 23.1. The molecule has 0 rings (SSSR count). The lowest BCUT2D eigenvalue weighted by Crippen LogP contribution is -2.27. The van der Waals surface area contributed by atoms with Crippen LogP contribution in [-0.4, -0.2) is 21.5 Å². The molecule has 4 nitrogen and oxygen atoms in total. The Morgan fingerprint density at radius 2 is 2.10 bits per heavy atom. The Labute approximate surface area is 66.9 Å². The van der Waals surface area contributed by atoms with E-state index in [-0.39, 0.29) is 19.0 Å². The monoisotopic (exact) mass is 186 g/mol. The van der Waals surface area contributed by atoms with Crippen molar-refractivity contribution in [3.63, 3.8) is 0 Å². The van der Waals surface area contributed by atoms with E-state index >= 15 is 0 Å². The average Bonchev–Trinajstić information content (AvgIpc) is 1.84. The second kappa shape index (κ2) is 5.67. The molecule has 0 spiro atoms. The van der Waals surface area contributed by atoms with Gasteiger partial charge in [-0.3, -0.25) is 0 Å². The summed E-state index contributed by atoms with van der Waals surface area (Å²) in [5.41, 5.74) is 5.03. The van der Waals surface area contributed by atoms with Crippen LogP contribution in [0.2, 0.25) is 0 Å². The molecule has 0 fully saturated rings. The van der Waals surface area contributed by atoms with Gasteiger partial charge in [0.25, 0.3) is 0 Å². The molecule has 0 saturated heterocycles. The highest BCUT2D eigenvalue weighted by atomic mass is 35.5. The zero-order valence-corrected chi connectivity index (χ0v) is 7.04. The Bertz CT molecular complexity index is 178. The van der Waals surface area contributed by atoms with Gasteiger partial charge in [0, 0.05) is 18.5 Å². The minimum absolute atomic E-state index is 0. The van der Waals surface area contributed by atoms with E-state index in [1.54, 1.807) is 0 Å². The predicted octanol–water partition coefficient (Wildman–Crippen LogP) is -0.570. The molecule has 0 heterocycles. The maximum absolute atomic E-state index is 10.5. The molecular formula is C4H11ClN2O2S. The molecule has 3 N–H and O–H groups in total. The molecule has 0 unspecified atom stereocenters. The van der Waals surface area contributed by atoms with E-state index < -0.39 is 10.0 Å². The van der Waals surface area contributed by atoms with Crippen LogP contribution in [-0.2, 0) is 10.0 Å². The van der Waals surface area contributed by atoms with Gasteiger partial charge < -0.3 is 5.73 Å². The fourth-order valence-electron chi connectivity index (χ4n) is 0.260. The van der Waals surface area contributed by atoms with Crippen LogP contribution in [0, 0.1) is 0 Å². The van der Waals surface area contributed by atoms with Crippen molar-refractivity contribution in [2.24, 2.45) is 5.73 Å². The minimum Gasteiger partial charge on any atom is -0.329 e. The quantitative estimate of drug-likeness (QED) is 0.618. The van der Waals surface area contributed by atoms with Crippen LogP contribution in [0.1, 0.15) is 0 Å². The third-order valence-corrected chi connectivity index (χ3v) is 1.71. The Hall–Kier alpha value is -0.100. The first-order chi connectivity index (χ1) is 4.12. The smallest absolute Gasteiger partial charge is 0.233 e. The summed E-state index contributed by atoms with van der Waals surface area (Å²) in [6.07, 6.45) is 0. The fraction of sp³-hybridized carbons (Fsp3) is 0.500. The third-order valence-electron chi connectivity index (χ3n) is 0.667. The van der Waals surface area contributed by atoms with Crippen LogP contribution in [0.15, 0.2) is 12.0 Å². The van der Waals surface area contributed by atoms with E-state index in [4.69, 9.17) is 5.73 Å². The first-order valence-electron chi connectivity index (χ1n) is 2.44. The Morgan fingerprint density at radius 3 is 2.40 bits per heavy atom. The average molecular weight is 187 g/mol. The molecule has 0 radical (unpaired) electrons. The number of nitrogens with one attached hydrogen (secondary N) is 1. The van der Waals surface area contributed by atoms with Crippen molar-refractivity contribution < 1.29 is 8.42 Å². The summed E-state index contributed by atoms with van der Waals surface area (Å²) in [5, 5.41) is 0.850. The number of halogens is 1. The molecule has 10 heavy (non-hydrogen) atoms. The number of nitrogens with two attached hydrogens (primary N) is 1. The van der Waals surface area contributed by atoms with Crippen molar-refractivity contribution in [3.05, 3.63) is 12.0 Å². The van der Waals surface area contributed by atoms with E-state index in [2.05, 4.69) is 11.3 Å². The third kappa shape index (κ3) is 6.03. The molecule has 62 valence electrons. The number of hydrogen-bond donors (Lipinski definition) is 2. The number of hydrogen-bond acceptors (Lipinski definition) is 3. The predicted molar refractivity (Wildman–Crippen MR) is 43.4 cm³/mol. The van der Waals surface area contributed by atoms with Gasteiger partial charge in [0.05, 0.1) is 0 Å². The van der Waals surface area contributed by atoms with Crippen molar-refractivity contribution in [2.45, 2.75) is 0 Å². The van der Waals surface area contributed by atoms with Gasteiger partial charge in [0.1, 0.15) is 0 Å². The first-order valence-corrected chi connectivity index (χ1v) is 3.99. The van der Waals surface area contributed by atoms with Crippen molar-refractivity contribution in [3.8, 4) is 0 Å². The van der Waals surface area contributed by atoms with Gasteiger partial charge in [-0.15, -0.1) is 12.4 Å². The van der Waals surface area contributed by atoms with E-state index in [1.165, 1.54) is 0 Å². The summed E-state index contributed by atoms with van der Waals surface area (Å²) >= 11 is 0. The largest absolute Gasteiger partial charge is 0.329 e. The van der Waals surface area contributed by atoms with Gasteiger partial charge in [0.2, 0.25) is 10.0 Å². The zero-order chi connectivity index (χ0) is 7.33. The normalized spacial score (nSPS) is 10.1. The lowest BCUT2D eigenvalue weighted by Gasteiger charge is -1.96. The summed E-state index contributed by atoms with van der Waals surface area (Å²) in [7, 11) is -3.25. The topological polar surface area (TPSA) is 72.2 Å². The highest BCUT2D eigenvalue weighted by Crippen LogP contribution is 1.79. The highest BCUT2D eigenvalue weighted by molar-refractivity contribution is 7.92. The molecule has 0 aromatic carbocycles. The van der Waals surface area contributed by atoms with Crippen LogP contribution < -0.4 is 10.5 Å². The van der Waals surface area contributed by atoms with Crippen molar-refractivity contribution in [2.75, 3.05) is 13.1 Å². The van der Waals surface area contributed by atoms with Gasteiger partial charge in [-0.2, -0.15) is 0 Å². The molecule has 0 aromatic heterocycles. The van der Waals surface area contributed by atoms with E-state index in [0.29, 0.717) is 6.54 Å². The highest BCUT2D eigenvalue weighted by Gasteiger charge is 1.98. The lowest BCUT2D eigenvalue weighted by atomic mass is 10.7. The molecule has 0 aliphatic rings. The molecule has 0 aliphatic heterocycles. The SMILES string of the molecule is C=CS(=O)(=O)NCCN.Cl. The molecular weight excluding hydrogens is 176 g/mol. The van der Waals surface area contributed by atoms with Crippen molar-refractivity contribution in [1.29, 1.82) is 0 Å². The summed E-state index contributed by atoms with van der Waals surface area (Å²) in [6, 6.07) is 0. The van der Waals surface area contributed by atoms with E-state index in [9.17, 15) is 8.42 Å².